The quantitative estimate of drug-likeness (QED) is 0.632. The fourth-order valence-corrected chi connectivity index (χ4v) is 2.93. The topological polar surface area (TPSA) is 70.7 Å². The van der Waals surface area contributed by atoms with Crippen molar-refractivity contribution in [1.29, 1.82) is 0 Å². The molecule has 2 aromatic rings. The van der Waals surface area contributed by atoms with Crippen LogP contribution in [0.3, 0.4) is 0 Å². The van der Waals surface area contributed by atoms with Gasteiger partial charge in [-0.05, 0) is 43.4 Å². The highest BCUT2D eigenvalue weighted by atomic mass is 35.5. The molecule has 0 aliphatic carbocycles. The van der Waals surface area contributed by atoms with E-state index in [2.05, 4.69) is 10.6 Å². The van der Waals surface area contributed by atoms with Gasteiger partial charge in [0, 0.05) is 10.7 Å². The molecule has 0 unspecified atom stereocenters. The lowest BCUT2D eigenvalue weighted by molar-refractivity contribution is -0.137. The van der Waals surface area contributed by atoms with Crippen LogP contribution in [0, 0.1) is 0 Å². The van der Waals surface area contributed by atoms with Crippen molar-refractivity contribution in [3.8, 4) is 5.75 Å². The van der Waals surface area contributed by atoms with Crippen LogP contribution >= 0.6 is 23.2 Å². The number of rotatable bonds is 7. The minimum Gasteiger partial charge on any atom is -0.495 e. The SMILES string of the molecule is COc1ccc(Cl)cc1NC(=O)CN(C)CC(=O)Nc1ccc(Cl)c(C(F)(F)F)c1. The van der Waals surface area contributed by atoms with Gasteiger partial charge in [0.2, 0.25) is 11.8 Å². The zero-order chi connectivity index (χ0) is 22.5. The van der Waals surface area contributed by atoms with Crippen LogP contribution in [0.4, 0.5) is 24.5 Å². The normalized spacial score (nSPS) is 11.3. The summed E-state index contributed by atoms with van der Waals surface area (Å²) >= 11 is 11.5. The molecular formula is C19H18Cl2F3N3O3. The van der Waals surface area contributed by atoms with Gasteiger partial charge in [-0.1, -0.05) is 23.2 Å². The number of halogens is 5. The molecule has 0 aliphatic rings. The molecule has 0 heterocycles. The Balaban J connectivity index is 1.94. The number of anilines is 2. The maximum atomic E-state index is 12.9. The van der Waals surface area contributed by atoms with Crippen molar-refractivity contribution >= 4 is 46.4 Å². The molecule has 11 heteroatoms. The Hall–Kier alpha value is -2.49. The van der Waals surface area contributed by atoms with Gasteiger partial charge in [0.05, 0.1) is 36.5 Å². The molecule has 6 nitrogen and oxygen atoms in total. The molecule has 0 saturated carbocycles. The molecule has 0 aromatic heterocycles. The van der Waals surface area contributed by atoms with E-state index in [0.29, 0.717) is 16.5 Å². The highest BCUT2D eigenvalue weighted by Gasteiger charge is 2.33. The molecule has 0 spiro atoms. The van der Waals surface area contributed by atoms with Gasteiger partial charge >= 0.3 is 6.18 Å². The lowest BCUT2D eigenvalue weighted by Gasteiger charge is -2.17. The second-order valence-corrected chi connectivity index (χ2v) is 7.15. The fraction of sp³-hybridized carbons (Fsp3) is 0.263. The summed E-state index contributed by atoms with van der Waals surface area (Å²) < 4.78 is 43.9. The first kappa shape index (κ1) is 23.8. The zero-order valence-corrected chi connectivity index (χ0v) is 17.5. The highest BCUT2D eigenvalue weighted by Crippen LogP contribution is 2.36. The van der Waals surface area contributed by atoms with Gasteiger partial charge in [-0.3, -0.25) is 14.5 Å². The molecule has 2 N–H and O–H groups in total. The van der Waals surface area contributed by atoms with E-state index in [1.807, 2.05) is 0 Å². The molecule has 2 rings (SSSR count). The molecule has 162 valence electrons. The van der Waals surface area contributed by atoms with Crippen molar-refractivity contribution in [2.45, 2.75) is 6.18 Å². The number of nitrogens with zero attached hydrogens (tertiary/aromatic N) is 1. The van der Waals surface area contributed by atoms with E-state index in [9.17, 15) is 22.8 Å². The highest BCUT2D eigenvalue weighted by molar-refractivity contribution is 6.31. The van der Waals surface area contributed by atoms with Crippen molar-refractivity contribution in [2.75, 3.05) is 37.9 Å². The van der Waals surface area contributed by atoms with Crippen molar-refractivity contribution in [3.63, 3.8) is 0 Å². The Morgan fingerprint density at radius 2 is 1.67 bits per heavy atom. The number of hydrogen-bond donors (Lipinski definition) is 2. The monoisotopic (exact) mass is 463 g/mol. The fourth-order valence-electron chi connectivity index (χ4n) is 2.53. The maximum absolute atomic E-state index is 12.9. The summed E-state index contributed by atoms with van der Waals surface area (Å²) in [5, 5.41) is 4.91. The molecule has 0 bridgehead atoms. The number of alkyl halides is 3. The number of benzene rings is 2. The van der Waals surface area contributed by atoms with E-state index < -0.39 is 28.6 Å². The number of nitrogens with one attached hydrogen (secondary N) is 2. The third-order valence-corrected chi connectivity index (χ3v) is 4.38. The maximum Gasteiger partial charge on any atom is 0.417 e. The van der Waals surface area contributed by atoms with Gasteiger partial charge in [-0.2, -0.15) is 13.2 Å². The van der Waals surface area contributed by atoms with E-state index in [0.717, 1.165) is 12.1 Å². The third-order valence-electron chi connectivity index (χ3n) is 3.82. The third kappa shape index (κ3) is 6.79. The number of ether oxygens (including phenoxy) is 1. The van der Waals surface area contributed by atoms with E-state index in [4.69, 9.17) is 27.9 Å². The Bertz CT molecular complexity index is 939. The van der Waals surface area contributed by atoms with Crippen molar-refractivity contribution in [1.82, 2.24) is 4.90 Å². The van der Waals surface area contributed by atoms with Crippen LogP contribution in [0.15, 0.2) is 36.4 Å². The molecular weight excluding hydrogens is 446 g/mol. The van der Waals surface area contributed by atoms with Gasteiger partial charge in [-0.15, -0.1) is 0 Å². The second-order valence-electron chi connectivity index (χ2n) is 6.31. The van der Waals surface area contributed by atoms with Gasteiger partial charge in [-0.25, -0.2) is 0 Å². The zero-order valence-electron chi connectivity index (χ0n) is 15.9. The number of amides is 2. The van der Waals surface area contributed by atoms with Crippen molar-refractivity contribution in [3.05, 3.63) is 52.0 Å². The Labute approximate surface area is 180 Å². The summed E-state index contributed by atoms with van der Waals surface area (Å²) in [5.74, 6) is -0.617. The molecule has 2 amide bonds. The summed E-state index contributed by atoms with van der Waals surface area (Å²) in [5.41, 5.74) is -0.739. The Kier molecular flexibility index (Phi) is 7.94. The molecule has 0 saturated heterocycles. The minimum atomic E-state index is -4.64. The first-order valence-corrected chi connectivity index (χ1v) is 9.23. The minimum absolute atomic E-state index is 0.0572. The van der Waals surface area contributed by atoms with E-state index in [1.54, 1.807) is 12.1 Å². The number of carbonyl (C=O) groups is 2. The average Bonchev–Trinajstić information content (AvgIpc) is 2.62. The molecule has 30 heavy (non-hydrogen) atoms. The number of carbonyl (C=O) groups excluding carboxylic acids is 2. The molecule has 0 fully saturated rings. The lowest BCUT2D eigenvalue weighted by atomic mass is 10.2. The molecule has 2 aromatic carbocycles. The van der Waals surface area contributed by atoms with Crippen LogP contribution in [-0.4, -0.2) is 44.0 Å². The van der Waals surface area contributed by atoms with Gasteiger partial charge in [0.15, 0.2) is 0 Å². The van der Waals surface area contributed by atoms with Crippen LogP contribution in [0.25, 0.3) is 0 Å². The predicted molar refractivity (Wildman–Crippen MR) is 109 cm³/mol. The van der Waals surface area contributed by atoms with E-state index >= 15 is 0 Å². The van der Waals surface area contributed by atoms with Crippen LogP contribution in [-0.2, 0) is 15.8 Å². The lowest BCUT2D eigenvalue weighted by Crippen LogP contribution is -2.36. The van der Waals surface area contributed by atoms with Crippen molar-refractivity contribution < 1.29 is 27.5 Å². The summed E-state index contributed by atoms with van der Waals surface area (Å²) in [6.45, 7) is -0.387. The van der Waals surface area contributed by atoms with Crippen LogP contribution in [0.1, 0.15) is 5.56 Å². The Morgan fingerprint density at radius 3 is 2.27 bits per heavy atom. The van der Waals surface area contributed by atoms with E-state index in [1.165, 1.54) is 31.2 Å². The van der Waals surface area contributed by atoms with Crippen LogP contribution in [0.5, 0.6) is 5.75 Å². The van der Waals surface area contributed by atoms with Crippen molar-refractivity contribution in [2.24, 2.45) is 0 Å². The Morgan fingerprint density at radius 1 is 1.03 bits per heavy atom. The second kappa shape index (κ2) is 10.0. The number of methoxy groups -OCH3 is 1. The smallest absolute Gasteiger partial charge is 0.417 e. The summed E-state index contributed by atoms with van der Waals surface area (Å²) in [6, 6.07) is 7.77. The van der Waals surface area contributed by atoms with E-state index in [-0.39, 0.29) is 18.8 Å². The molecule has 0 radical (unpaired) electrons. The van der Waals surface area contributed by atoms with Crippen LogP contribution in [0.2, 0.25) is 10.0 Å². The molecule has 0 aliphatic heterocycles. The average molecular weight is 464 g/mol. The first-order valence-electron chi connectivity index (χ1n) is 8.48. The first-order chi connectivity index (χ1) is 14.0. The molecule has 0 atom stereocenters. The predicted octanol–water partition coefficient (Wildman–Crippen LogP) is 4.53. The number of likely N-dealkylation sites (N-methyl/N-ethyl adjacent to an activating group) is 1. The van der Waals surface area contributed by atoms with Gasteiger partial charge in [0.25, 0.3) is 0 Å². The summed E-state index contributed by atoms with van der Waals surface area (Å²) in [4.78, 5) is 25.7. The summed E-state index contributed by atoms with van der Waals surface area (Å²) in [7, 11) is 2.95. The number of hydrogen-bond acceptors (Lipinski definition) is 4. The van der Waals surface area contributed by atoms with Gasteiger partial charge < -0.3 is 15.4 Å². The van der Waals surface area contributed by atoms with Gasteiger partial charge in [0.1, 0.15) is 5.75 Å². The van der Waals surface area contributed by atoms with Crippen LogP contribution < -0.4 is 15.4 Å². The largest absolute Gasteiger partial charge is 0.495 e. The standard InChI is InChI=1S/C19H18Cl2F3N3O3/c1-27(10-18(29)26-15-7-11(20)3-6-16(15)30-2)9-17(28)25-12-4-5-14(21)13(8-12)19(22,23)24/h3-8H,9-10H2,1-2H3,(H,25,28)(H,26,29). The summed E-state index contributed by atoms with van der Waals surface area (Å²) in [6.07, 6.45) is -4.64.